The molecule has 0 aromatic heterocycles. The van der Waals surface area contributed by atoms with Crippen molar-refractivity contribution >= 4 is 20.4 Å². The Morgan fingerprint density at radius 1 is 0.765 bits per heavy atom. The van der Waals surface area contributed by atoms with Crippen LogP contribution in [0.2, 0.25) is 0 Å². The molecule has 1 fully saturated rings. The van der Waals surface area contributed by atoms with Crippen LogP contribution in [0.3, 0.4) is 0 Å². The number of carbonyl (C=O) groups is 2. The van der Waals surface area contributed by atoms with Crippen LogP contribution in [0.1, 0.15) is 77.6 Å². The van der Waals surface area contributed by atoms with Crippen molar-refractivity contribution in [3.8, 4) is 11.5 Å². The lowest BCUT2D eigenvalue weighted by molar-refractivity contribution is 0.110. The molecule has 0 saturated carbocycles. The fourth-order valence-electron chi connectivity index (χ4n) is 4.25. The molecule has 6 nitrogen and oxygen atoms in total. The lowest BCUT2D eigenvalue weighted by Crippen LogP contribution is -2.45. The summed E-state index contributed by atoms with van der Waals surface area (Å²) in [5, 5.41) is 20.5. The van der Waals surface area contributed by atoms with Crippen LogP contribution in [-0.2, 0) is 23.8 Å². The average molecular weight is 462 g/mol. The quantitative estimate of drug-likeness (QED) is 0.482. The van der Waals surface area contributed by atoms with Crippen LogP contribution in [0.25, 0.3) is 0 Å². The molecule has 0 bridgehead atoms. The molecule has 3 rings (SSSR count). The number of aromatic hydroxyl groups is 2. The molecule has 0 atom stereocenters. The van der Waals surface area contributed by atoms with Gasteiger partial charge in [0.15, 0.2) is 12.6 Å². The van der Waals surface area contributed by atoms with Crippen LogP contribution in [0.5, 0.6) is 11.5 Å². The largest absolute Gasteiger partial charge is 0.507 e. The van der Waals surface area contributed by atoms with Crippen LogP contribution < -0.4 is 0 Å². The van der Waals surface area contributed by atoms with Crippen molar-refractivity contribution in [1.29, 1.82) is 0 Å². The van der Waals surface area contributed by atoms with Gasteiger partial charge >= 0.3 is 0 Å². The van der Waals surface area contributed by atoms with E-state index in [4.69, 9.17) is 7.85 Å². The minimum absolute atomic E-state index is 0.00994. The van der Waals surface area contributed by atoms with E-state index in [2.05, 4.69) is 30.6 Å². The van der Waals surface area contributed by atoms with Crippen molar-refractivity contribution in [2.45, 2.75) is 58.4 Å². The summed E-state index contributed by atoms with van der Waals surface area (Å²) in [5.74, 6) is 0.0636. The standard InChI is InChI=1S/C27H35BN2O4/c1-26(2,3)22-10-18(24(33)20(12-22)16-31)14-29-6-8-30(9-7-29)15-19-11-23(27(4,5)28)13-21(17-32)25(19)34/h10-13,16-17,33-34H,6-9,14-15H2,1-5H3. The van der Waals surface area contributed by atoms with Gasteiger partial charge in [0.2, 0.25) is 0 Å². The number of piperazine rings is 1. The fourth-order valence-corrected chi connectivity index (χ4v) is 4.25. The number of hydrogen-bond donors (Lipinski definition) is 2. The maximum atomic E-state index is 11.5. The Morgan fingerprint density at radius 2 is 1.15 bits per heavy atom. The smallest absolute Gasteiger partial charge is 0.153 e. The van der Waals surface area contributed by atoms with Crippen molar-refractivity contribution in [2.75, 3.05) is 26.2 Å². The van der Waals surface area contributed by atoms with Gasteiger partial charge in [-0.1, -0.05) is 46.8 Å². The Hall–Kier alpha value is -2.64. The SMILES string of the molecule is [B]C(C)(C)c1cc(C=O)c(O)c(CN2CCN(Cc3cc(C(C)(C)C)cc(C=O)c3O)CC2)c1. The predicted molar refractivity (Wildman–Crippen MR) is 135 cm³/mol. The Balaban J connectivity index is 1.72. The topological polar surface area (TPSA) is 81.1 Å². The summed E-state index contributed by atoms with van der Waals surface area (Å²) >= 11 is 0. The summed E-state index contributed by atoms with van der Waals surface area (Å²) in [5.41, 5.74) is 3.72. The number of rotatable bonds is 7. The molecule has 0 amide bonds. The molecule has 0 spiro atoms. The van der Waals surface area contributed by atoms with E-state index in [1.54, 1.807) is 12.1 Å². The first-order chi connectivity index (χ1) is 15.8. The minimum Gasteiger partial charge on any atom is -0.507 e. The summed E-state index contributed by atoms with van der Waals surface area (Å²) < 4.78 is 0. The van der Waals surface area contributed by atoms with Gasteiger partial charge in [-0.25, -0.2) is 0 Å². The molecule has 34 heavy (non-hydrogen) atoms. The van der Waals surface area contributed by atoms with Gasteiger partial charge in [0.25, 0.3) is 0 Å². The third-order valence-corrected chi connectivity index (χ3v) is 6.55. The summed E-state index contributed by atoms with van der Waals surface area (Å²) in [7, 11) is 6.23. The number of aldehydes is 2. The summed E-state index contributed by atoms with van der Waals surface area (Å²) in [6.07, 6.45) is 1.38. The second kappa shape index (κ2) is 9.92. The number of benzene rings is 2. The summed E-state index contributed by atoms with van der Waals surface area (Å²) in [6.45, 7) is 14.2. The van der Waals surface area contributed by atoms with Crippen molar-refractivity contribution < 1.29 is 19.8 Å². The molecule has 2 aromatic rings. The van der Waals surface area contributed by atoms with E-state index in [0.717, 1.165) is 42.9 Å². The second-order valence-electron chi connectivity index (χ2n) is 10.9. The molecule has 2 aromatic carbocycles. The van der Waals surface area contributed by atoms with Crippen LogP contribution in [-0.4, -0.2) is 66.6 Å². The molecule has 1 aliphatic rings. The van der Waals surface area contributed by atoms with Gasteiger partial charge in [0.1, 0.15) is 11.5 Å². The maximum absolute atomic E-state index is 11.5. The Morgan fingerprint density at radius 3 is 1.50 bits per heavy atom. The third kappa shape index (κ3) is 5.88. The zero-order chi connectivity index (χ0) is 25.3. The molecule has 1 heterocycles. The lowest BCUT2D eigenvalue weighted by atomic mass is 9.67. The van der Waals surface area contributed by atoms with Gasteiger partial charge in [0.05, 0.1) is 19.0 Å². The van der Waals surface area contributed by atoms with Crippen LogP contribution in [0, 0.1) is 0 Å². The highest BCUT2D eigenvalue weighted by atomic mass is 16.3. The number of phenolic OH excluding ortho intramolecular Hbond substituents is 2. The number of nitrogens with zero attached hydrogens (tertiary/aromatic N) is 2. The molecule has 1 aliphatic heterocycles. The van der Waals surface area contributed by atoms with Gasteiger partial charge in [0, 0.05) is 50.4 Å². The fraction of sp³-hybridized carbons (Fsp3) is 0.481. The van der Waals surface area contributed by atoms with E-state index in [9.17, 15) is 19.8 Å². The van der Waals surface area contributed by atoms with Gasteiger partial charge in [-0.05, 0) is 34.0 Å². The number of carbonyl (C=O) groups excluding carboxylic acids is 2. The van der Waals surface area contributed by atoms with E-state index in [0.29, 0.717) is 36.8 Å². The maximum Gasteiger partial charge on any atom is 0.153 e. The molecule has 0 unspecified atom stereocenters. The molecular formula is C27H35BN2O4. The predicted octanol–water partition coefficient (Wildman–Crippen LogP) is 3.74. The van der Waals surface area contributed by atoms with Crippen molar-refractivity contribution in [2.24, 2.45) is 0 Å². The monoisotopic (exact) mass is 462 g/mol. The van der Waals surface area contributed by atoms with E-state index in [-0.39, 0.29) is 22.5 Å². The second-order valence-corrected chi connectivity index (χ2v) is 10.9. The number of phenols is 2. The first-order valence-corrected chi connectivity index (χ1v) is 11.7. The molecule has 0 aliphatic carbocycles. The van der Waals surface area contributed by atoms with E-state index < -0.39 is 5.31 Å². The van der Waals surface area contributed by atoms with E-state index in [1.165, 1.54) is 0 Å². The Bertz CT molecular complexity index is 976. The highest BCUT2D eigenvalue weighted by Gasteiger charge is 2.24. The average Bonchev–Trinajstić information content (AvgIpc) is 2.76. The highest BCUT2D eigenvalue weighted by molar-refractivity contribution is 6.15. The number of hydrogen-bond acceptors (Lipinski definition) is 6. The van der Waals surface area contributed by atoms with Gasteiger partial charge < -0.3 is 10.2 Å². The lowest BCUT2D eigenvalue weighted by Gasteiger charge is -2.35. The highest BCUT2D eigenvalue weighted by Crippen LogP contribution is 2.32. The molecule has 2 radical (unpaired) electrons. The van der Waals surface area contributed by atoms with E-state index >= 15 is 0 Å². The van der Waals surface area contributed by atoms with Crippen LogP contribution >= 0.6 is 0 Å². The Kier molecular flexibility index (Phi) is 7.58. The van der Waals surface area contributed by atoms with Gasteiger partial charge in [-0.3, -0.25) is 19.4 Å². The van der Waals surface area contributed by atoms with Crippen LogP contribution in [0.4, 0.5) is 0 Å². The van der Waals surface area contributed by atoms with Crippen molar-refractivity contribution in [3.05, 3.63) is 57.6 Å². The Labute approximate surface area is 204 Å². The van der Waals surface area contributed by atoms with Crippen LogP contribution in [0.15, 0.2) is 24.3 Å². The molecule has 2 N–H and O–H groups in total. The molecule has 180 valence electrons. The van der Waals surface area contributed by atoms with E-state index in [1.807, 2.05) is 26.0 Å². The van der Waals surface area contributed by atoms with Gasteiger partial charge in [-0.15, -0.1) is 0 Å². The summed E-state index contributed by atoms with van der Waals surface area (Å²) in [4.78, 5) is 27.4. The van der Waals surface area contributed by atoms with Gasteiger partial charge in [-0.2, -0.15) is 0 Å². The zero-order valence-electron chi connectivity index (χ0n) is 20.9. The molecule has 7 heteroatoms. The molecular weight excluding hydrogens is 427 g/mol. The van der Waals surface area contributed by atoms with Crippen molar-refractivity contribution in [3.63, 3.8) is 0 Å². The minimum atomic E-state index is -0.622. The first-order valence-electron chi connectivity index (χ1n) is 11.7. The first kappa shape index (κ1) is 26.0. The third-order valence-electron chi connectivity index (χ3n) is 6.55. The molecule has 1 saturated heterocycles. The zero-order valence-corrected chi connectivity index (χ0v) is 20.9. The summed E-state index contributed by atoms with van der Waals surface area (Å²) in [6, 6.07) is 7.29. The normalized spacial score (nSPS) is 15.9. The van der Waals surface area contributed by atoms with Crippen molar-refractivity contribution in [1.82, 2.24) is 9.80 Å².